The van der Waals surface area contributed by atoms with Gasteiger partial charge < -0.3 is 4.74 Å². The van der Waals surface area contributed by atoms with Crippen LogP contribution in [0.3, 0.4) is 0 Å². The van der Waals surface area contributed by atoms with Gasteiger partial charge in [0, 0.05) is 16.4 Å². The molecule has 0 saturated carbocycles. The number of hydrogen-bond acceptors (Lipinski definition) is 4. The van der Waals surface area contributed by atoms with Crippen LogP contribution in [0.15, 0.2) is 34.5 Å². The maximum absolute atomic E-state index is 12.6. The zero-order valence-electron chi connectivity index (χ0n) is 13.1. The first-order valence-corrected chi connectivity index (χ1v) is 10.1. The van der Waals surface area contributed by atoms with Gasteiger partial charge in [0.15, 0.2) is 0 Å². The third-order valence-corrected chi connectivity index (χ3v) is 5.99. The Morgan fingerprint density at radius 2 is 2.13 bits per heavy atom. The molecule has 7 heteroatoms. The number of sulfonamides is 1. The number of rotatable bonds is 8. The summed E-state index contributed by atoms with van der Waals surface area (Å²) in [6, 6.07) is 6.90. The Morgan fingerprint density at radius 3 is 2.78 bits per heavy atom. The maximum Gasteiger partial charge on any atom is 0.244 e. The lowest BCUT2D eigenvalue weighted by Gasteiger charge is -2.14. The van der Waals surface area contributed by atoms with Crippen LogP contribution in [0.5, 0.6) is 5.75 Å². The highest BCUT2D eigenvalue weighted by Gasteiger charge is 2.21. The summed E-state index contributed by atoms with van der Waals surface area (Å²) in [5.74, 6) is 0.346. The van der Waals surface area contributed by atoms with Crippen molar-refractivity contribution in [1.82, 2.24) is 4.72 Å². The Morgan fingerprint density at radius 1 is 1.35 bits per heavy atom. The minimum Gasteiger partial charge on any atom is -0.492 e. The molecular weight excluding hydrogens is 354 g/mol. The van der Waals surface area contributed by atoms with Gasteiger partial charge in [0.1, 0.15) is 10.6 Å². The Balaban J connectivity index is 2.25. The molecule has 0 aliphatic heterocycles. The molecule has 0 unspecified atom stereocenters. The SMILES string of the molecule is CCCCOc1cc(C)c(Cl)cc1S(=O)(=O)NCc1cccs1. The van der Waals surface area contributed by atoms with Gasteiger partial charge in [-0.1, -0.05) is 31.0 Å². The summed E-state index contributed by atoms with van der Waals surface area (Å²) in [6.45, 7) is 4.60. The number of aryl methyl sites for hydroxylation is 1. The van der Waals surface area contributed by atoms with Gasteiger partial charge in [0.05, 0.1) is 6.61 Å². The molecule has 2 rings (SSSR count). The van der Waals surface area contributed by atoms with Crippen LogP contribution in [0, 0.1) is 6.92 Å². The van der Waals surface area contributed by atoms with Crippen molar-refractivity contribution in [2.45, 2.75) is 38.1 Å². The number of thiophene rings is 1. The number of nitrogens with one attached hydrogen (secondary N) is 1. The van der Waals surface area contributed by atoms with Crippen LogP contribution in [0.4, 0.5) is 0 Å². The van der Waals surface area contributed by atoms with Gasteiger partial charge in [0.25, 0.3) is 0 Å². The van der Waals surface area contributed by atoms with Crippen LogP contribution in [0.25, 0.3) is 0 Å². The van der Waals surface area contributed by atoms with E-state index >= 15 is 0 Å². The monoisotopic (exact) mass is 373 g/mol. The topological polar surface area (TPSA) is 55.4 Å². The Hall–Kier alpha value is -1.08. The average Bonchev–Trinajstić information content (AvgIpc) is 3.02. The van der Waals surface area contributed by atoms with E-state index in [0.717, 1.165) is 23.3 Å². The van der Waals surface area contributed by atoms with E-state index in [2.05, 4.69) is 11.6 Å². The van der Waals surface area contributed by atoms with Crippen molar-refractivity contribution >= 4 is 33.0 Å². The second-order valence-corrected chi connectivity index (χ2v) is 8.33. The molecule has 1 N–H and O–H groups in total. The third-order valence-electron chi connectivity index (χ3n) is 3.29. The summed E-state index contributed by atoms with van der Waals surface area (Å²) < 4.78 is 33.5. The van der Waals surface area contributed by atoms with E-state index in [1.807, 2.05) is 24.4 Å². The van der Waals surface area contributed by atoms with E-state index in [4.69, 9.17) is 16.3 Å². The number of hydrogen-bond donors (Lipinski definition) is 1. The van der Waals surface area contributed by atoms with Crippen molar-refractivity contribution in [3.8, 4) is 5.75 Å². The molecule has 0 spiro atoms. The predicted molar refractivity (Wildman–Crippen MR) is 94.9 cm³/mol. The standard InChI is InChI=1S/C16H20ClNO3S2/c1-3-4-7-21-15-9-12(2)14(17)10-16(15)23(19,20)18-11-13-6-5-8-22-13/h5-6,8-10,18H,3-4,7,11H2,1-2H3. The zero-order valence-corrected chi connectivity index (χ0v) is 15.5. The molecule has 0 aliphatic carbocycles. The molecule has 126 valence electrons. The molecule has 23 heavy (non-hydrogen) atoms. The van der Waals surface area contributed by atoms with E-state index < -0.39 is 10.0 Å². The molecule has 4 nitrogen and oxygen atoms in total. The minimum atomic E-state index is -3.70. The highest BCUT2D eigenvalue weighted by molar-refractivity contribution is 7.89. The zero-order chi connectivity index (χ0) is 16.9. The third kappa shape index (κ3) is 4.94. The molecule has 2 aromatic rings. The molecule has 1 aromatic heterocycles. The molecule has 0 fully saturated rings. The van der Waals surface area contributed by atoms with Crippen LogP contribution in [-0.4, -0.2) is 15.0 Å². The van der Waals surface area contributed by atoms with E-state index in [9.17, 15) is 8.42 Å². The summed E-state index contributed by atoms with van der Waals surface area (Å²) in [7, 11) is -3.70. The Kier molecular flexibility index (Phi) is 6.47. The normalized spacial score (nSPS) is 11.6. The molecule has 0 saturated heterocycles. The predicted octanol–water partition coefficient (Wildman–Crippen LogP) is 4.37. The van der Waals surface area contributed by atoms with Gasteiger partial charge >= 0.3 is 0 Å². The lowest BCUT2D eigenvalue weighted by molar-refractivity contribution is 0.301. The fraction of sp³-hybridized carbons (Fsp3) is 0.375. The maximum atomic E-state index is 12.6. The van der Waals surface area contributed by atoms with Gasteiger partial charge in [0.2, 0.25) is 10.0 Å². The molecule has 0 amide bonds. The highest BCUT2D eigenvalue weighted by atomic mass is 35.5. The number of unbranched alkanes of at least 4 members (excludes halogenated alkanes) is 1. The summed E-state index contributed by atoms with van der Waals surface area (Å²) >= 11 is 7.61. The average molecular weight is 374 g/mol. The van der Waals surface area contributed by atoms with Crippen molar-refractivity contribution in [3.05, 3.63) is 45.1 Å². The van der Waals surface area contributed by atoms with Gasteiger partial charge in [-0.25, -0.2) is 13.1 Å². The molecule has 0 atom stereocenters. The lowest BCUT2D eigenvalue weighted by atomic mass is 10.2. The molecule has 0 aliphatic rings. The second kappa shape index (κ2) is 8.15. The fourth-order valence-corrected chi connectivity index (χ4v) is 4.06. The first-order valence-electron chi connectivity index (χ1n) is 7.39. The van der Waals surface area contributed by atoms with Gasteiger partial charge in [-0.15, -0.1) is 11.3 Å². The van der Waals surface area contributed by atoms with Gasteiger partial charge in [-0.3, -0.25) is 0 Å². The summed E-state index contributed by atoms with van der Waals surface area (Å²) in [5.41, 5.74) is 0.787. The van der Waals surface area contributed by atoms with Crippen LogP contribution in [-0.2, 0) is 16.6 Å². The largest absolute Gasteiger partial charge is 0.492 e. The van der Waals surface area contributed by atoms with E-state index in [-0.39, 0.29) is 11.4 Å². The summed E-state index contributed by atoms with van der Waals surface area (Å²) in [5, 5.41) is 2.32. The van der Waals surface area contributed by atoms with Crippen LogP contribution in [0.1, 0.15) is 30.2 Å². The lowest BCUT2D eigenvalue weighted by Crippen LogP contribution is -2.23. The van der Waals surface area contributed by atoms with Crippen LogP contribution >= 0.6 is 22.9 Å². The number of benzene rings is 1. The second-order valence-electron chi connectivity index (χ2n) is 5.15. The van der Waals surface area contributed by atoms with Crippen LogP contribution in [0.2, 0.25) is 5.02 Å². The quantitative estimate of drug-likeness (QED) is 0.699. The van der Waals surface area contributed by atoms with Gasteiger partial charge in [-0.05, 0) is 42.5 Å². The van der Waals surface area contributed by atoms with E-state index in [0.29, 0.717) is 17.4 Å². The minimum absolute atomic E-state index is 0.0840. The molecular formula is C16H20ClNO3S2. The number of ether oxygens (including phenoxy) is 1. The van der Waals surface area contributed by atoms with Gasteiger partial charge in [-0.2, -0.15) is 0 Å². The van der Waals surface area contributed by atoms with Crippen LogP contribution < -0.4 is 9.46 Å². The summed E-state index contributed by atoms with van der Waals surface area (Å²) in [4.78, 5) is 1.03. The summed E-state index contributed by atoms with van der Waals surface area (Å²) in [6.07, 6.45) is 1.84. The van der Waals surface area contributed by atoms with E-state index in [1.54, 1.807) is 6.07 Å². The molecule has 0 bridgehead atoms. The van der Waals surface area contributed by atoms with Crippen molar-refractivity contribution in [3.63, 3.8) is 0 Å². The van der Waals surface area contributed by atoms with Crippen molar-refractivity contribution < 1.29 is 13.2 Å². The van der Waals surface area contributed by atoms with E-state index in [1.165, 1.54) is 17.4 Å². The highest BCUT2D eigenvalue weighted by Crippen LogP contribution is 2.30. The molecule has 1 heterocycles. The smallest absolute Gasteiger partial charge is 0.244 e. The first-order chi connectivity index (χ1) is 10.9. The Bertz CT molecular complexity index is 743. The van der Waals surface area contributed by atoms with Crippen molar-refractivity contribution in [1.29, 1.82) is 0 Å². The molecule has 1 aromatic carbocycles. The Labute approximate surface area is 146 Å². The number of halogens is 1. The van der Waals surface area contributed by atoms with Crippen molar-refractivity contribution in [2.24, 2.45) is 0 Å². The fourth-order valence-electron chi connectivity index (χ4n) is 1.94. The first kappa shape index (κ1) is 18.3. The van der Waals surface area contributed by atoms with Crippen molar-refractivity contribution in [2.75, 3.05) is 6.61 Å². The molecule has 0 radical (unpaired) electrons.